The van der Waals surface area contributed by atoms with E-state index in [2.05, 4.69) is 9.97 Å². The highest BCUT2D eigenvalue weighted by Gasteiger charge is 2.33. The number of carbonyl (C=O) groups excluding carboxylic acids is 1. The molecular formula is C23H25N3O4. The van der Waals surface area contributed by atoms with Crippen molar-refractivity contribution in [3.8, 4) is 5.75 Å². The van der Waals surface area contributed by atoms with Crippen molar-refractivity contribution in [3.05, 3.63) is 59.9 Å². The van der Waals surface area contributed by atoms with Crippen molar-refractivity contribution in [2.24, 2.45) is 11.8 Å². The molecule has 2 aromatic carbocycles. The molecule has 4 rings (SSSR count). The zero-order valence-corrected chi connectivity index (χ0v) is 16.9. The number of H-pyrrole nitrogens is 1. The monoisotopic (exact) mass is 407 g/mol. The number of carboxylic acid groups (broad SMARTS) is 1. The molecule has 7 heteroatoms. The van der Waals surface area contributed by atoms with E-state index in [9.17, 15) is 14.7 Å². The van der Waals surface area contributed by atoms with Gasteiger partial charge >= 0.3 is 5.97 Å². The molecule has 1 saturated heterocycles. The van der Waals surface area contributed by atoms with Crippen LogP contribution in [-0.2, 0) is 11.2 Å². The zero-order valence-electron chi connectivity index (χ0n) is 16.9. The van der Waals surface area contributed by atoms with Crippen molar-refractivity contribution in [1.29, 1.82) is 0 Å². The van der Waals surface area contributed by atoms with E-state index in [-0.39, 0.29) is 24.2 Å². The first-order valence-corrected chi connectivity index (χ1v) is 10.1. The van der Waals surface area contributed by atoms with Crippen LogP contribution in [0.15, 0.2) is 48.5 Å². The van der Waals surface area contributed by atoms with Crippen LogP contribution in [0.25, 0.3) is 11.0 Å². The summed E-state index contributed by atoms with van der Waals surface area (Å²) in [6.45, 7) is 1.09. The van der Waals surface area contributed by atoms with Gasteiger partial charge < -0.3 is 19.7 Å². The molecule has 1 aliphatic heterocycles. The number of carbonyl (C=O) groups is 2. The molecule has 2 N–H and O–H groups in total. The molecule has 2 heterocycles. The Morgan fingerprint density at radius 2 is 2.00 bits per heavy atom. The molecule has 0 aliphatic carbocycles. The van der Waals surface area contributed by atoms with Gasteiger partial charge in [0.2, 0.25) is 0 Å². The summed E-state index contributed by atoms with van der Waals surface area (Å²) in [5, 5.41) is 9.36. The number of methoxy groups -OCH3 is 1. The van der Waals surface area contributed by atoms with Crippen LogP contribution in [0.1, 0.15) is 29.0 Å². The molecular weight excluding hydrogens is 382 g/mol. The molecule has 156 valence electrons. The number of nitrogens with one attached hydrogen (secondary N) is 1. The van der Waals surface area contributed by atoms with Gasteiger partial charge in [-0.1, -0.05) is 18.2 Å². The van der Waals surface area contributed by atoms with Crippen LogP contribution >= 0.6 is 0 Å². The lowest BCUT2D eigenvalue weighted by atomic mass is 9.81. The molecule has 0 radical (unpaired) electrons. The Balaban J connectivity index is 1.55. The molecule has 2 unspecified atom stereocenters. The van der Waals surface area contributed by atoms with Gasteiger partial charge in [0.15, 0.2) is 0 Å². The molecule has 3 aromatic rings. The molecule has 0 spiro atoms. The molecule has 1 aromatic heterocycles. The molecule has 1 amide bonds. The number of benzene rings is 2. The first-order valence-electron chi connectivity index (χ1n) is 10.1. The average Bonchev–Trinajstić information content (AvgIpc) is 3.16. The number of hydrogen-bond donors (Lipinski definition) is 2. The number of imidazole rings is 1. The molecule has 1 aliphatic rings. The van der Waals surface area contributed by atoms with Gasteiger partial charge in [0.05, 0.1) is 18.1 Å². The van der Waals surface area contributed by atoms with Crippen molar-refractivity contribution < 1.29 is 19.4 Å². The SMILES string of the molecule is COc1ccc2nc(CC3CN(C(=O)c4ccccc4)CCC3CC(=O)O)[nH]c2c1. The van der Waals surface area contributed by atoms with Crippen LogP contribution in [0, 0.1) is 11.8 Å². The zero-order chi connectivity index (χ0) is 21.1. The standard InChI is InChI=1S/C23H25N3O4/c1-30-18-7-8-19-20(13-18)25-21(24-19)11-17-14-26(10-9-16(17)12-22(27)28)23(29)15-5-3-2-4-6-15/h2-8,13,16-17H,9-12,14H2,1H3,(H,24,25)(H,27,28). The number of nitrogens with zero attached hydrogens (tertiary/aromatic N) is 2. The lowest BCUT2D eigenvalue weighted by molar-refractivity contribution is -0.139. The number of aromatic amines is 1. The Hall–Kier alpha value is -3.35. The number of hydrogen-bond acceptors (Lipinski definition) is 4. The first kappa shape index (κ1) is 19.9. The molecule has 7 nitrogen and oxygen atoms in total. The maximum Gasteiger partial charge on any atom is 0.303 e. The number of amides is 1. The Bertz CT molecular complexity index is 1050. The van der Waals surface area contributed by atoms with Gasteiger partial charge in [-0.25, -0.2) is 4.98 Å². The Labute approximate surface area is 174 Å². The maximum absolute atomic E-state index is 12.9. The van der Waals surface area contributed by atoms with Gasteiger partial charge in [-0.3, -0.25) is 9.59 Å². The summed E-state index contributed by atoms with van der Waals surface area (Å²) in [6, 6.07) is 14.9. The van der Waals surface area contributed by atoms with E-state index >= 15 is 0 Å². The summed E-state index contributed by atoms with van der Waals surface area (Å²) in [6.07, 6.45) is 1.36. The van der Waals surface area contributed by atoms with Crippen molar-refractivity contribution in [2.45, 2.75) is 19.3 Å². The van der Waals surface area contributed by atoms with Gasteiger partial charge in [-0.15, -0.1) is 0 Å². The summed E-state index contributed by atoms with van der Waals surface area (Å²) in [5.74, 6) is 0.757. The van der Waals surface area contributed by atoms with Crippen molar-refractivity contribution in [2.75, 3.05) is 20.2 Å². The maximum atomic E-state index is 12.9. The first-order chi connectivity index (χ1) is 14.5. The van der Waals surface area contributed by atoms with Crippen LogP contribution in [0.5, 0.6) is 5.75 Å². The van der Waals surface area contributed by atoms with Gasteiger partial charge in [-0.05, 0) is 42.5 Å². The van der Waals surface area contributed by atoms with E-state index in [1.54, 1.807) is 7.11 Å². The largest absolute Gasteiger partial charge is 0.497 e. The van der Waals surface area contributed by atoms with Gasteiger partial charge in [-0.2, -0.15) is 0 Å². The molecule has 30 heavy (non-hydrogen) atoms. The number of fused-ring (bicyclic) bond motifs is 1. The fourth-order valence-electron chi connectivity index (χ4n) is 4.27. The lowest BCUT2D eigenvalue weighted by Crippen LogP contribution is -2.45. The second-order valence-electron chi connectivity index (χ2n) is 7.79. The number of ether oxygens (including phenoxy) is 1. The smallest absolute Gasteiger partial charge is 0.303 e. The van der Waals surface area contributed by atoms with E-state index in [0.717, 1.165) is 22.6 Å². The Kier molecular flexibility index (Phi) is 5.70. The predicted octanol–water partition coefficient (Wildman–Crippen LogP) is 3.37. The summed E-state index contributed by atoms with van der Waals surface area (Å²) < 4.78 is 5.27. The van der Waals surface area contributed by atoms with Crippen LogP contribution in [0.4, 0.5) is 0 Å². The summed E-state index contributed by atoms with van der Waals surface area (Å²) in [7, 11) is 1.62. The average molecular weight is 407 g/mol. The van der Waals surface area contributed by atoms with Crippen molar-refractivity contribution in [3.63, 3.8) is 0 Å². The summed E-state index contributed by atoms with van der Waals surface area (Å²) in [5.41, 5.74) is 2.38. The van der Waals surface area contributed by atoms with Crippen molar-refractivity contribution in [1.82, 2.24) is 14.9 Å². The van der Waals surface area contributed by atoms with E-state index in [1.165, 1.54) is 0 Å². The predicted molar refractivity (Wildman–Crippen MR) is 113 cm³/mol. The normalized spacial score (nSPS) is 19.0. The fraction of sp³-hybridized carbons (Fsp3) is 0.348. The minimum atomic E-state index is -0.804. The summed E-state index contributed by atoms with van der Waals surface area (Å²) in [4.78, 5) is 34.1. The highest BCUT2D eigenvalue weighted by atomic mass is 16.5. The number of carboxylic acids is 1. The lowest BCUT2D eigenvalue weighted by Gasteiger charge is -2.38. The van der Waals surface area contributed by atoms with E-state index in [0.29, 0.717) is 31.5 Å². The van der Waals surface area contributed by atoms with Gasteiger partial charge in [0.25, 0.3) is 5.91 Å². The van der Waals surface area contributed by atoms with E-state index in [1.807, 2.05) is 53.4 Å². The number of rotatable bonds is 6. The van der Waals surface area contributed by atoms with E-state index in [4.69, 9.17) is 4.74 Å². The quantitative estimate of drug-likeness (QED) is 0.653. The third kappa shape index (κ3) is 4.30. The molecule has 1 fully saturated rings. The van der Waals surface area contributed by atoms with Crippen molar-refractivity contribution >= 4 is 22.9 Å². The minimum Gasteiger partial charge on any atom is -0.497 e. The number of piperidine rings is 1. The Morgan fingerprint density at radius 1 is 1.20 bits per heavy atom. The summed E-state index contributed by atoms with van der Waals surface area (Å²) >= 11 is 0. The third-order valence-corrected chi connectivity index (χ3v) is 5.83. The number of aromatic nitrogens is 2. The highest BCUT2D eigenvalue weighted by molar-refractivity contribution is 5.94. The third-order valence-electron chi connectivity index (χ3n) is 5.83. The van der Waals surface area contributed by atoms with Gasteiger partial charge in [0.1, 0.15) is 11.6 Å². The number of aliphatic carboxylic acids is 1. The highest BCUT2D eigenvalue weighted by Crippen LogP contribution is 2.30. The van der Waals surface area contributed by atoms with Gasteiger partial charge in [0, 0.05) is 37.6 Å². The topological polar surface area (TPSA) is 95.5 Å². The molecule has 2 atom stereocenters. The minimum absolute atomic E-state index is 0.00470. The second-order valence-corrected chi connectivity index (χ2v) is 7.79. The van der Waals surface area contributed by atoms with Crippen LogP contribution in [-0.4, -0.2) is 52.1 Å². The van der Waals surface area contributed by atoms with Crippen LogP contribution < -0.4 is 4.74 Å². The van der Waals surface area contributed by atoms with Crippen LogP contribution in [0.3, 0.4) is 0 Å². The number of likely N-dealkylation sites (tertiary alicyclic amines) is 1. The fourth-order valence-corrected chi connectivity index (χ4v) is 4.27. The molecule has 0 bridgehead atoms. The Morgan fingerprint density at radius 3 is 2.73 bits per heavy atom. The van der Waals surface area contributed by atoms with E-state index < -0.39 is 5.97 Å². The van der Waals surface area contributed by atoms with Crippen LogP contribution in [0.2, 0.25) is 0 Å². The second kappa shape index (κ2) is 8.57. The molecule has 0 saturated carbocycles.